The largest absolute Gasteiger partial charge is 0.326 e. The summed E-state index contributed by atoms with van der Waals surface area (Å²) >= 11 is 0.733. The maximum absolute atomic E-state index is 12.8. The topological polar surface area (TPSA) is 71.1 Å². The first-order valence-electron chi connectivity index (χ1n) is 5.35. The number of rotatable bonds is 3. The van der Waals surface area contributed by atoms with Crippen LogP contribution in [0.4, 0.5) is 15.2 Å². The summed E-state index contributed by atoms with van der Waals surface area (Å²) in [6.07, 6.45) is 1.03. The molecule has 0 fully saturated rings. The van der Waals surface area contributed by atoms with Crippen molar-refractivity contribution in [3.8, 4) is 0 Å². The Morgan fingerprint density at radius 2 is 2.00 bits per heavy atom. The van der Waals surface area contributed by atoms with Crippen molar-refractivity contribution in [1.29, 1.82) is 0 Å². The lowest BCUT2D eigenvalue weighted by Crippen LogP contribution is -2.16. The van der Waals surface area contributed by atoms with Gasteiger partial charge in [-0.2, -0.15) is 4.39 Å². The van der Waals surface area contributed by atoms with Gasteiger partial charge in [0.25, 0.3) is 5.91 Å². The van der Waals surface area contributed by atoms with Gasteiger partial charge in [0, 0.05) is 6.92 Å². The lowest BCUT2D eigenvalue weighted by Gasteiger charge is -2.08. The van der Waals surface area contributed by atoms with Crippen LogP contribution in [0.1, 0.15) is 17.3 Å². The Labute approximate surface area is 112 Å². The number of carbonyl (C=O) groups excluding carboxylic acids is 2. The molecular formula is C12H10FN3O2S. The lowest BCUT2D eigenvalue weighted by molar-refractivity contribution is -0.114. The molecule has 1 aromatic heterocycles. The molecule has 0 saturated heterocycles. The van der Waals surface area contributed by atoms with Crippen molar-refractivity contribution >= 4 is 34.0 Å². The van der Waals surface area contributed by atoms with E-state index in [-0.39, 0.29) is 16.6 Å². The fraction of sp³-hybridized carbons (Fsp3) is 0.0833. The highest BCUT2D eigenvalue weighted by molar-refractivity contribution is 7.14. The van der Waals surface area contributed by atoms with Crippen LogP contribution >= 0.6 is 11.3 Å². The van der Waals surface area contributed by atoms with Gasteiger partial charge in [-0.1, -0.05) is 23.5 Å². The molecule has 2 N–H and O–H groups in total. The van der Waals surface area contributed by atoms with E-state index in [9.17, 15) is 14.0 Å². The van der Waals surface area contributed by atoms with Crippen LogP contribution in [-0.2, 0) is 4.79 Å². The van der Waals surface area contributed by atoms with Crippen molar-refractivity contribution in [2.45, 2.75) is 6.92 Å². The van der Waals surface area contributed by atoms with Crippen molar-refractivity contribution in [1.82, 2.24) is 4.98 Å². The standard InChI is InChI=1S/C12H10FN3O2S/c1-7(17)15-9-5-3-2-4-8(9)11(18)16-12-14-6-10(13)19-12/h2-6H,1H3,(H,15,17)(H,14,16,18). The Balaban J connectivity index is 2.21. The summed E-state index contributed by atoms with van der Waals surface area (Å²) in [4.78, 5) is 26.8. The van der Waals surface area contributed by atoms with Crippen molar-refractivity contribution < 1.29 is 14.0 Å². The summed E-state index contributed by atoms with van der Waals surface area (Å²) in [5, 5.41) is 4.71. The fourth-order valence-corrected chi connectivity index (χ4v) is 2.00. The van der Waals surface area contributed by atoms with Crippen molar-refractivity contribution in [3.05, 3.63) is 41.2 Å². The van der Waals surface area contributed by atoms with E-state index in [0.29, 0.717) is 5.69 Å². The van der Waals surface area contributed by atoms with E-state index in [2.05, 4.69) is 15.6 Å². The normalized spacial score (nSPS) is 10.0. The molecule has 2 amide bonds. The molecule has 0 spiro atoms. The van der Waals surface area contributed by atoms with Crippen LogP contribution < -0.4 is 10.6 Å². The molecule has 0 unspecified atom stereocenters. The molecule has 1 heterocycles. The smallest absolute Gasteiger partial charge is 0.259 e. The Morgan fingerprint density at radius 1 is 1.26 bits per heavy atom. The summed E-state index contributed by atoms with van der Waals surface area (Å²) in [5.74, 6) is -0.737. The molecule has 2 rings (SSSR count). The number of aromatic nitrogens is 1. The van der Waals surface area contributed by atoms with Gasteiger partial charge in [-0.05, 0) is 12.1 Å². The van der Waals surface area contributed by atoms with Gasteiger partial charge in [0.1, 0.15) is 0 Å². The number of amides is 2. The van der Waals surface area contributed by atoms with Crippen LogP contribution in [0.2, 0.25) is 0 Å². The minimum Gasteiger partial charge on any atom is -0.326 e. The minimum absolute atomic E-state index is 0.167. The van der Waals surface area contributed by atoms with E-state index in [1.54, 1.807) is 24.3 Å². The van der Waals surface area contributed by atoms with Crippen LogP contribution in [0.25, 0.3) is 0 Å². The second-order valence-corrected chi connectivity index (χ2v) is 4.63. The number of hydrogen-bond acceptors (Lipinski definition) is 4. The SMILES string of the molecule is CC(=O)Nc1ccccc1C(=O)Nc1ncc(F)s1. The number of para-hydroxylation sites is 1. The van der Waals surface area contributed by atoms with Crippen LogP contribution in [-0.4, -0.2) is 16.8 Å². The molecule has 0 aliphatic carbocycles. The number of thiazole rings is 1. The van der Waals surface area contributed by atoms with E-state index in [0.717, 1.165) is 17.5 Å². The predicted octanol–water partition coefficient (Wildman–Crippen LogP) is 2.49. The van der Waals surface area contributed by atoms with Gasteiger partial charge in [-0.3, -0.25) is 14.9 Å². The zero-order valence-electron chi connectivity index (χ0n) is 9.94. The summed E-state index contributed by atoms with van der Waals surface area (Å²) < 4.78 is 12.8. The third-order valence-electron chi connectivity index (χ3n) is 2.18. The molecule has 7 heteroatoms. The second-order valence-electron chi connectivity index (χ2n) is 3.65. The third-order valence-corrected chi connectivity index (χ3v) is 2.88. The number of nitrogens with one attached hydrogen (secondary N) is 2. The molecule has 0 aliphatic rings. The summed E-state index contributed by atoms with van der Waals surface area (Å²) in [5.41, 5.74) is 0.679. The molecule has 5 nitrogen and oxygen atoms in total. The molecule has 2 aromatic rings. The lowest BCUT2D eigenvalue weighted by atomic mass is 10.1. The van der Waals surface area contributed by atoms with Crippen molar-refractivity contribution in [2.75, 3.05) is 10.6 Å². The number of hydrogen-bond donors (Lipinski definition) is 2. The highest BCUT2D eigenvalue weighted by Crippen LogP contribution is 2.20. The van der Waals surface area contributed by atoms with Gasteiger partial charge in [0.15, 0.2) is 10.3 Å². The first kappa shape index (κ1) is 13.2. The van der Waals surface area contributed by atoms with Crippen LogP contribution in [0.5, 0.6) is 0 Å². The van der Waals surface area contributed by atoms with Crippen molar-refractivity contribution in [3.63, 3.8) is 0 Å². The van der Waals surface area contributed by atoms with Crippen LogP contribution in [0.15, 0.2) is 30.5 Å². The van der Waals surface area contributed by atoms with E-state index >= 15 is 0 Å². The predicted molar refractivity (Wildman–Crippen MR) is 70.8 cm³/mol. The number of anilines is 2. The average molecular weight is 279 g/mol. The van der Waals surface area contributed by atoms with Gasteiger partial charge >= 0.3 is 0 Å². The minimum atomic E-state index is -0.481. The van der Waals surface area contributed by atoms with E-state index in [1.807, 2.05) is 0 Å². The summed E-state index contributed by atoms with van der Waals surface area (Å²) in [7, 11) is 0. The second kappa shape index (κ2) is 5.57. The molecule has 19 heavy (non-hydrogen) atoms. The molecule has 0 atom stereocenters. The molecule has 0 aliphatic heterocycles. The van der Waals surface area contributed by atoms with Gasteiger partial charge in [0.05, 0.1) is 17.4 Å². The molecular weight excluding hydrogens is 269 g/mol. The molecule has 0 bridgehead atoms. The van der Waals surface area contributed by atoms with Crippen LogP contribution in [0.3, 0.4) is 0 Å². The fourth-order valence-electron chi connectivity index (χ4n) is 1.46. The Morgan fingerprint density at radius 3 is 2.63 bits per heavy atom. The highest BCUT2D eigenvalue weighted by atomic mass is 32.1. The zero-order valence-corrected chi connectivity index (χ0v) is 10.8. The summed E-state index contributed by atoms with van der Waals surface area (Å²) in [6.45, 7) is 1.35. The van der Waals surface area contributed by atoms with Gasteiger partial charge in [-0.15, -0.1) is 0 Å². The van der Waals surface area contributed by atoms with E-state index in [4.69, 9.17) is 0 Å². The van der Waals surface area contributed by atoms with Gasteiger partial charge in [0.2, 0.25) is 5.91 Å². The first-order valence-corrected chi connectivity index (χ1v) is 6.17. The molecule has 0 radical (unpaired) electrons. The van der Waals surface area contributed by atoms with Gasteiger partial charge in [-0.25, -0.2) is 4.98 Å². The third kappa shape index (κ3) is 3.35. The van der Waals surface area contributed by atoms with Crippen LogP contribution in [0, 0.1) is 5.13 Å². The summed E-state index contributed by atoms with van der Waals surface area (Å²) in [6, 6.07) is 6.54. The first-order chi connectivity index (χ1) is 9.06. The van der Waals surface area contributed by atoms with Gasteiger partial charge < -0.3 is 5.32 Å². The molecule has 1 aromatic carbocycles. The Hall–Kier alpha value is -2.28. The monoisotopic (exact) mass is 279 g/mol. The zero-order chi connectivity index (χ0) is 13.8. The Kier molecular flexibility index (Phi) is 3.86. The van der Waals surface area contributed by atoms with E-state index in [1.165, 1.54) is 6.92 Å². The molecule has 98 valence electrons. The quantitative estimate of drug-likeness (QED) is 0.906. The maximum atomic E-state index is 12.8. The maximum Gasteiger partial charge on any atom is 0.259 e. The number of nitrogens with zero attached hydrogens (tertiary/aromatic N) is 1. The number of halogens is 1. The molecule has 0 saturated carbocycles. The number of carbonyl (C=O) groups is 2. The highest BCUT2D eigenvalue weighted by Gasteiger charge is 2.13. The van der Waals surface area contributed by atoms with Crippen molar-refractivity contribution in [2.24, 2.45) is 0 Å². The average Bonchev–Trinajstić information content (AvgIpc) is 2.74. The van der Waals surface area contributed by atoms with E-state index < -0.39 is 11.0 Å². The Bertz CT molecular complexity index is 627. The number of benzene rings is 1.